The molecule has 2 N–H and O–H groups in total. The van der Waals surface area contributed by atoms with Gasteiger partial charge in [0.05, 0.1) is 0 Å². The van der Waals surface area contributed by atoms with Crippen molar-refractivity contribution in [1.82, 2.24) is 0 Å². The van der Waals surface area contributed by atoms with E-state index in [1.165, 1.54) is 17.5 Å². The molecule has 0 fully saturated rings. The quantitative estimate of drug-likeness (QED) is 0.847. The lowest BCUT2D eigenvalue weighted by molar-refractivity contribution is 0.213. The summed E-state index contributed by atoms with van der Waals surface area (Å²) in [5.74, 6) is 1.07. The molecule has 1 aromatic rings. The fourth-order valence-corrected chi connectivity index (χ4v) is 2.53. The molecule has 0 saturated carbocycles. The zero-order valence-electron chi connectivity index (χ0n) is 10.9. The number of nitrogens with two attached hydrogens (primary N) is 1. The van der Waals surface area contributed by atoms with Crippen molar-refractivity contribution in [3.05, 3.63) is 29.3 Å². The smallest absolute Gasteiger partial charge is 0.123 e. The molecular weight excluding hydrogens is 210 g/mol. The van der Waals surface area contributed by atoms with Crippen LogP contribution in [0, 0.1) is 6.92 Å². The highest BCUT2D eigenvalue weighted by Crippen LogP contribution is 2.31. The van der Waals surface area contributed by atoms with Crippen LogP contribution in [-0.4, -0.2) is 12.1 Å². The van der Waals surface area contributed by atoms with E-state index >= 15 is 0 Å². The Hall–Kier alpha value is -1.02. The average molecular weight is 233 g/mol. The predicted molar refractivity (Wildman–Crippen MR) is 71.4 cm³/mol. The Bertz CT molecular complexity index is 375. The Morgan fingerprint density at radius 3 is 3.00 bits per heavy atom. The zero-order valence-corrected chi connectivity index (χ0v) is 10.9. The Morgan fingerprint density at radius 2 is 2.24 bits per heavy atom. The number of benzene rings is 1. The minimum Gasteiger partial charge on any atom is -0.490 e. The zero-order chi connectivity index (χ0) is 12.3. The topological polar surface area (TPSA) is 35.2 Å². The van der Waals surface area contributed by atoms with E-state index in [-0.39, 0.29) is 0 Å². The first-order valence-corrected chi connectivity index (χ1v) is 6.70. The van der Waals surface area contributed by atoms with Gasteiger partial charge in [0.2, 0.25) is 0 Å². The minimum absolute atomic E-state index is 0.342. The second-order valence-electron chi connectivity index (χ2n) is 5.18. The Kier molecular flexibility index (Phi) is 4.06. The van der Waals surface area contributed by atoms with Crippen molar-refractivity contribution in [3.63, 3.8) is 0 Å². The van der Waals surface area contributed by atoms with Crippen molar-refractivity contribution in [2.45, 2.75) is 58.1 Å². The van der Waals surface area contributed by atoms with E-state index < -0.39 is 0 Å². The van der Waals surface area contributed by atoms with Crippen LogP contribution in [0.2, 0.25) is 0 Å². The maximum Gasteiger partial charge on any atom is 0.123 e. The highest BCUT2D eigenvalue weighted by Gasteiger charge is 2.22. The van der Waals surface area contributed by atoms with Crippen LogP contribution in [0.1, 0.15) is 43.7 Å². The van der Waals surface area contributed by atoms with Gasteiger partial charge in [0.1, 0.15) is 11.9 Å². The number of hydrogen-bond donors (Lipinski definition) is 1. The van der Waals surface area contributed by atoms with Gasteiger partial charge in [-0.2, -0.15) is 0 Å². The van der Waals surface area contributed by atoms with Gasteiger partial charge < -0.3 is 10.5 Å². The molecule has 0 saturated heterocycles. The summed E-state index contributed by atoms with van der Waals surface area (Å²) in [6.07, 6.45) is 5.84. The van der Waals surface area contributed by atoms with Gasteiger partial charge in [-0.25, -0.2) is 0 Å². The van der Waals surface area contributed by atoms with E-state index in [4.69, 9.17) is 10.5 Å². The molecule has 2 atom stereocenters. The number of rotatable bonds is 5. The van der Waals surface area contributed by atoms with Crippen molar-refractivity contribution < 1.29 is 4.74 Å². The van der Waals surface area contributed by atoms with Gasteiger partial charge in [0.15, 0.2) is 0 Å². The summed E-state index contributed by atoms with van der Waals surface area (Å²) < 4.78 is 5.93. The summed E-state index contributed by atoms with van der Waals surface area (Å²) in [5, 5.41) is 0. The molecule has 0 radical (unpaired) electrons. The van der Waals surface area contributed by atoms with Crippen molar-refractivity contribution >= 4 is 0 Å². The molecule has 2 rings (SSSR count). The molecule has 17 heavy (non-hydrogen) atoms. The summed E-state index contributed by atoms with van der Waals surface area (Å²) in [6.45, 7) is 4.31. The molecule has 0 spiro atoms. The normalized spacial score (nSPS) is 19.8. The maximum absolute atomic E-state index is 6.04. The van der Waals surface area contributed by atoms with Crippen molar-refractivity contribution in [2.24, 2.45) is 5.73 Å². The van der Waals surface area contributed by atoms with Crippen LogP contribution in [0.3, 0.4) is 0 Å². The molecule has 1 aromatic carbocycles. The van der Waals surface area contributed by atoms with Crippen molar-refractivity contribution in [1.29, 1.82) is 0 Å². The second-order valence-corrected chi connectivity index (χ2v) is 5.18. The first-order chi connectivity index (χ1) is 8.19. The maximum atomic E-state index is 6.04. The largest absolute Gasteiger partial charge is 0.490 e. The Morgan fingerprint density at radius 1 is 1.41 bits per heavy atom. The fourth-order valence-electron chi connectivity index (χ4n) is 2.53. The van der Waals surface area contributed by atoms with Crippen LogP contribution < -0.4 is 10.5 Å². The molecule has 94 valence electrons. The highest BCUT2D eigenvalue weighted by atomic mass is 16.5. The van der Waals surface area contributed by atoms with Crippen LogP contribution in [0.15, 0.2) is 18.2 Å². The van der Waals surface area contributed by atoms with Crippen LogP contribution in [0.4, 0.5) is 0 Å². The van der Waals surface area contributed by atoms with Gasteiger partial charge in [0, 0.05) is 12.5 Å². The van der Waals surface area contributed by atoms with Gasteiger partial charge >= 0.3 is 0 Å². The molecule has 1 heterocycles. The van der Waals surface area contributed by atoms with Crippen LogP contribution in [-0.2, 0) is 6.42 Å². The summed E-state index contributed by atoms with van der Waals surface area (Å²) in [7, 11) is 0. The molecule has 1 aliphatic rings. The van der Waals surface area contributed by atoms with E-state index in [0.29, 0.717) is 12.1 Å². The molecular formula is C15H23NO. The first kappa shape index (κ1) is 12.4. The lowest BCUT2D eigenvalue weighted by Crippen LogP contribution is -2.23. The van der Waals surface area contributed by atoms with Gasteiger partial charge in [-0.05, 0) is 37.8 Å². The van der Waals surface area contributed by atoms with E-state index in [9.17, 15) is 0 Å². The third-order valence-corrected chi connectivity index (χ3v) is 3.48. The van der Waals surface area contributed by atoms with Gasteiger partial charge in [0.25, 0.3) is 0 Å². The first-order valence-electron chi connectivity index (χ1n) is 6.70. The second kappa shape index (κ2) is 5.54. The van der Waals surface area contributed by atoms with Gasteiger partial charge in [-0.1, -0.05) is 31.0 Å². The third kappa shape index (κ3) is 3.22. The minimum atomic E-state index is 0.342. The van der Waals surface area contributed by atoms with Crippen molar-refractivity contribution in [3.8, 4) is 5.75 Å². The molecule has 2 nitrogen and oxygen atoms in total. The fraction of sp³-hybridized carbons (Fsp3) is 0.600. The SMILES string of the molecule is CCCC(N)CCC1Cc2cc(C)ccc2O1. The van der Waals surface area contributed by atoms with Gasteiger partial charge in [-0.3, -0.25) is 0 Å². The molecule has 2 unspecified atom stereocenters. The van der Waals surface area contributed by atoms with Crippen molar-refractivity contribution in [2.75, 3.05) is 0 Å². The standard InChI is InChI=1S/C15H23NO/c1-3-4-13(16)6-7-14-10-12-9-11(2)5-8-15(12)17-14/h5,8-9,13-14H,3-4,6-7,10,16H2,1-2H3. The average Bonchev–Trinajstić information content (AvgIpc) is 2.68. The lowest BCUT2D eigenvalue weighted by Gasteiger charge is -2.14. The van der Waals surface area contributed by atoms with E-state index in [1.807, 2.05) is 0 Å². The molecule has 2 heteroatoms. The summed E-state index contributed by atoms with van der Waals surface area (Å²) in [5.41, 5.74) is 8.71. The number of fused-ring (bicyclic) bond motifs is 1. The van der Waals surface area contributed by atoms with Crippen LogP contribution in [0.25, 0.3) is 0 Å². The van der Waals surface area contributed by atoms with E-state index in [1.54, 1.807) is 0 Å². The molecule has 0 bridgehead atoms. The van der Waals surface area contributed by atoms with E-state index in [2.05, 4.69) is 32.0 Å². The molecule has 0 aromatic heterocycles. The Labute approximate surface area is 104 Å². The number of hydrogen-bond acceptors (Lipinski definition) is 2. The van der Waals surface area contributed by atoms with Crippen LogP contribution >= 0.6 is 0 Å². The highest BCUT2D eigenvalue weighted by molar-refractivity contribution is 5.40. The Balaban J connectivity index is 1.84. The molecule has 0 aliphatic carbocycles. The summed E-state index contributed by atoms with van der Waals surface area (Å²) in [4.78, 5) is 0. The summed E-state index contributed by atoms with van der Waals surface area (Å²) in [6, 6.07) is 6.79. The number of ether oxygens (including phenoxy) is 1. The van der Waals surface area contributed by atoms with Crippen LogP contribution in [0.5, 0.6) is 5.75 Å². The third-order valence-electron chi connectivity index (χ3n) is 3.48. The van der Waals surface area contributed by atoms with Gasteiger partial charge in [-0.15, -0.1) is 0 Å². The predicted octanol–water partition coefficient (Wildman–Crippen LogP) is 3.21. The molecule has 1 aliphatic heterocycles. The summed E-state index contributed by atoms with van der Waals surface area (Å²) >= 11 is 0. The number of aryl methyl sites for hydroxylation is 1. The monoisotopic (exact) mass is 233 g/mol. The van der Waals surface area contributed by atoms with E-state index in [0.717, 1.165) is 31.4 Å². The lowest BCUT2D eigenvalue weighted by atomic mass is 10.0. The molecule has 0 amide bonds.